The highest BCUT2D eigenvalue weighted by molar-refractivity contribution is 7.91. The van der Waals surface area contributed by atoms with E-state index in [0.29, 0.717) is 22.6 Å². The van der Waals surface area contributed by atoms with Crippen LogP contribution < -0.4 is 15.8 Å². The summed E-state index contributed by atoms with van der Waals surface area (Å²) in [5.74, 6) is -4.90. The summed E-state index contributed by atoms with van der Waals surface area (Å²) in [5.41, 5.74) is 7.38. The van der Waals surface area contributed by atoms with Crippen LogP contribution in [0.5, 0.6) is 5.75 Å². The van der Waals surface area contributed by atoms with E-state index in [-0.39, 0.29) is 42.6 Å². The highest BCUT2D eigenvalue weighted by atomic mass is 32.2. The van der Waals surface area contributed by atoms with Crippen molar-refractivity contribution in [3.05, 3.63) is 89.9 Å². The van der Waals surface area contributed by atoms with Crippen LogP contribution in [0.15, 0.2) is 77.8 Å². The number of nitrogens with one attached hydrogen (secondary N) is 1. The van der Waals surface area contributed by atoms with E-state index in [1.807, 2.05) is 6.07 Å². The topological polar surface area (TPSA) is 178 Å². The molecule has 3 aromatic carbocycles. The zero-order chi connectivity index (χ0) is 39.1. The summed E-state index contributed by atoms with van der Waals surface area (Å²) in [5, 5.41) is 12.0. The average molecular weight is 763 g/mol. The number of carboxylic acids is 1. The number of likely N-dealkylation sites (tertiary alicyclic amines) is 1. The second kappa shape index (κ2) is 16.9. The van der Waals surface area contributed by atoms with E-state index >= 15 is 0 Å². The first kappa shape index (κ1) is 40.3. The Kier molecular flexibility index (Phi) is 12.9. The number of ether oxygens (including phenoxy) is 2. The summed E-state index contributed by atoms with van der Waals surface area (Å²) in [6.45, 7) is 5.47. The maximum Gasteiger partial charge on any atom is 0.490 e. The average Bonchev–Trinajstić information content (AvgIpc) is 3.57. The van der Waals surface area contributed by atoms with Gasteiger partial charge in [-0.25, -0.2) is 22.6 Å². The number of rotatable bonds is 11. The molecular formula is C36H38F4N4O8S. The Morgan fingerprint density at radius 3 is 2.38 bits per heavy atom. The molecule has 1 fully saturated rings. The molecule has 5 rings (SSSR count). The van der Waals surface area contributed by atoms with Crippen LogP contribution in [0.1, 0.15) is 50.4 Å². The second-order valence-corrected chi connectivity index (χ2v) is 13.9. The first-order valence-electron chi connectivity index (χ1n) is 16.5. The molecule has 3 atom stereocenters. The van der Waals surface area contributed by atoms with Gasteiger partial charge < -0.3 is 30.5 Å². The number of hydrogen-bond donors (Lipinski definition) is 3. The number of carbonyl (C=O) groups is 3. The van der Waals surface area contributed by atoms with Gasteiger partial charge in [0.25, 0.3) is 0 Å². The number of nitrogens with two attached hydrogens (primary N) is 1. The highest BCUT2D eigenvalue weighted by Gasteiger charge is 2.46. The number of fused-ring (bicyclic) bond motifs is 1. The number of benzene rings is 3. The number of sulfone groups is 1. The molecule has 1 aliphatic rings. The van der Waals surface area contributed by atoms with Crippen LogP contribution in [0.4, 0.5) is 29.1 Å². The molecule has 0 unspecified atom stereocenters. The van der Waals surface area contributed by atoms with Crippen molar-refractivity contribution >= 4 is 50.0 Å². The minimum atomic E-state index is -5.08. The summed E-state index contributed by atoms with van der Waals surface area (Å²) < 4.78 is 83.8. The molecule has 1 saturated heterocycles. The largest absolute Gasteiger partial charge is 0.491 e. The van der Waals surface area contributed by atoms with E-state index in [9.17, 15) is 35.6 Å². The lowest BCUT2D eigenvalue weighted by Gasteiger charge is -2.33. The third kappa shape index (κ3) is 9.32. The minimum absolute atomic E-state index is 0.0151. The monoisotopic (exact) mass is 762 g/mol. The first-order valence-corrected chi connectivity index (χ1v) is 18.1. The van der Waals surface area contributed by atoms with E-state index in [2.05, 4.69) is 10.3 Å². The Labute approximate surface area is 302 Å². The van der Waals surface area contributed by atoms with Gasteiger partial charge in [-0.3, -0.25) is 9.59 Å². The maximum absolute atomic E-state index is 14.8. The Balaban J connectivity index is 0.000000815. The predicted molar refractivity (Wildman–Crippen MR) is 187 cm³/mol. The minimum Gasteiger partial charge on any atom is -0.491 e. The van der Waals surface area contributed by atoms with Gasteiger partial charge in [0.15, 0.2) is 21.4 Å². The number of esters is 1. The van der Waals surface area contributed by atoms with E-state index in [0.717, 1.165) is 10.8 Å². The van der Waals surface area contributed by atoms with Gasteiger partial charge in [-0.15, -0.1) is 0 Å². The zero-order valence-electron chi connectivity index (χ0n) is 28.9. The number of aromatic nitrogens is 1. The van der Waals surface area contributed by atoms with Gasteiger partial charge in [0.1, 0.15) is 11.9 Å². The Morgan fingerprint density at radius 2 is 1.74 bits per heavy atom. The van der Waals surface area contributed by atoms with Crippen LogP contribution >= 0.6 is 0 Å². The number of halogens is 4. The Hall–Kier alpha value is -5.45. The van der Waals surface area contributed by atoms with E-state index in [4.69, 9.17) is 25.1 Å². The number of aliphatic carboxylic acids is 1. The lowest BCUT2D eigenvalue weighted by molar-refractivity contribution is -0.192. The number of hydrogen-bond acceptors (Lipinski definition) is 10. The van der Waals surface area contributed by atoms with Gasteiger partial charge in [-0.05, 0) is 79.2 Å². The molecule has 53 heavy (non-hydrogen) atoms. The van der Waals surface area contributed by atoms with Crippen LogP contribution in [0.2, 0.25) is 0 Å². The number of amides is 1. The molecule has 4 aromatic rings. The van der Waals surface area contributed by atoms with Crippen LogP contribution in [-0.4, -0.2) is 72.9 Å². The van der Waals surface area contributed by atoms with Gasteiger partial charge in [0.2, 0.25) is 5.91 Å². The summed E-state index contributed by atoms with van der Waals surface area (Å²) in [4.78, 5) is 42.6. The number of carboxylic acid groups (broad SMARTS) is 1. The van der Waals surface area contributed by atoms with E-state index in [1.165, 1.54) is 29.2 Å². The molecule has 17 heteroatoms. The van der Waals surface area contributed by atoms with Gasteiger partial charge in [-0.2, -0.15) is 13.2 Å². The molecule has 1 aromatic heterocycles. The second-order valence-electron chi connectivity index (χ2n) is 11.7. The van der Waals surface area contributed by atoms with Gasteiger partial charge >= 0.3 is 18.1 Å². The number of nitrogen functional groups attached to an aromatic ring is 1. The van der Waals surface area contributed by atoms with Crippen molar-refractivity contribution in [1.29, 1.82) is 0 Å². The SMILES string of the molecule is CCOC(=O)[C@H]1CCN(C(=O)[C@@H](Nc2ccc3c(N)nccc3c2)c2ccc(F)c(OCC)c2)[C@H]1c1ccccc1S(=O)(=O)CC.O=C(O)C(F)(F)F. The third-order valence-electron chi connectivity index (χ3n) is 8.41. The molecule has 0 aliphatic carbocycles. The summed E-state index contributed by atoms with van der Waals surface area (Å²) in [6, 6.07) is 15.8. The molecule has 1 aliphatic heterocycles. The van der Waals surface area contributed by atoms with Gasteiger partial charge in [-0.1, -0.05) is 31.2 Å². The molecule has 0 spiro atoms. The van der Waals surface area contributed by atoms with Crippen molar-refractivity contribution in [1.82, 2.24) is 9.88 Å². The quantitative estimate of drug-likeness (QED) is 0.119. The zero-order valence-corrected chi connectivity index (χ0v) is 29.7. The molecule has 0 saturated carbocycles. The van der Waals surface area contributed by atoms with Gasteiger partial charge in [0, 0.05) is 23.8 Å². The fraction of sp³-hybridized carbons (Fsp3) is 0.333. The number of alkyl halides is 3. The number of anilines is 2. The molecule has 2 heterocycles. The molecule has 1 amide bonds. The summed E-state index contributed by atoms with van der Waals surface area (Å²) >= 11 is 0. The van der Waals surface area contributed by atoms with Crippen LogP contribution in [0.25, 0.3) is 10.8 Å². The Morgan fingerprint density at radius 1 is 1.04 bits per heavy atom. The lowest BCUT2D eigenvalue weighted by Crippen LogP contribution is -2.40. The third-order valence-corrected chi connectivity index (χ3v) is 10.2. The molecular weight excluding hydrogens is 724 g/mol. The van der Waals surface area contributed by atoms with Crippen LogP contribution in [0, 0.1) is 11.7 Å². The van der Waals surface area contributed by atoms with E-state index < -0.39 is 57.7 Å². The molecule has 12 nitrogen and oxygen atoms in total. The van der Waals surface area contributed by atoms with Gasteiger partial charge in [0.05, 0.1) is 35.8 Å². The van der Waals surface area contributed by atoms with Crippen LogP contribution in [0.3, 0.4) is 0 Å². The fourth-order valence-electron chi connectivity index (χ4n) is 5.96. The first-order chi connectivity index (χ1) is 25.0. The van der Waals surface area contributed by atoms with E-state index in [1.54, 1.807) is 63.4 Å². The normalized spacial score (nSPS) is 16.3. The Bertz CT molecular complexity index is 2080. The fourth-order valence-corrected chi connectivity index (χ4v) is 7.11. The van der Waals surface area contributed by atoms with Crippen molar-refractivity contribution in [3.8, 4) is 5.75 Å². The molecule has 0 bridgehead atoms. The summed E-state index contributed by atoms with van der Waals surface area (Å²) in [7, 11) is -3.72. The smallest absolute Gasteiger partial charge is 0.490 e. The van der Waals surface area contributed by atoms with Crippen molar-refractivity contribution < 1.29 is 54.9 Å². The number of carbonyl (C=O) groups excluding carboxylic acids is 2. The maximum atomic E-state index is 14.8. The van der Waals surface area contributed by atoms with Crippen LogP contribution in [-0.2, 0) is 29.0 Å². The predicted octanol–water partition coefficient (Wildman–Crippen LogP) is 6.09. The highest BCUT2D eigenvalue weighted by Crippen LogP contribution is 2.43. The summed E-state index contributed by atoms with van der Waals surface area (Å²) in [6.07, 6.45) is -3.23. The van der Waals surface area contributed by atoms with Crippen molar-refractivity contribution in [2.24, 2.45) is 5.92 Å². The number of pyridine rings is 1. The molecule has 0 radical (unpaired) electrons. The number of nitrogens with zero attached hydrogens (tertiary/aromatic N) is 2. The lowest BCUT2D eigenvalue weighted by atomic mass is 9.93. The van der Waals surface area contributed by atoms with Crippen molar-refractivity contribution in [3.63, 3.8) is 0 Å². The van der Waals surface area contributed by atoms with Crippen molar-refractivity contribution in [2.45, 2.75) is 50.3 Å². The molecule has 4 N–H and O–H groups in total. The molecule has 284 valence electrons. The van der Waals surface area contributed by atoms with Crippen molar-refractivity contribution in [2.75, 3.05) is 36.6 Å². The standard InChI is InChI=1S/C34H37FN4O6S.C2HF3O2/c1-4-44-28-20-22(11-14-27(28)35)30(38-23-12-13-24-21(19-23)15-17-37-32(24)36)33(40)39-18-16-26(34(41)45-5-2)31(39)25-9-7-8-10-29(25)46(42,43)6-3;3-2(4,5)1(6)7/h7-15,17,19-20,26,30-31,38H,4-6,16,18H2,1-3H3,(H2,36,37);(H,6,7)/t26-,30-,31-;/m0./s1.